The van der Waals surface area contributed by atoms with Gasteiger partial charge in [-0.25, -0.2) is 9.37 Å². The molecule has 1 aromatic heterocycles. The quantitative estimate of drug-likeness (QED) is 0.496. The molecular weight excluding hydrogens is 419 g/mol. The summed E-state index contributed by atoms with van der Waals surface area (Å²) >= 11 is 0. The number of nitrogen functional groups attached to an aromatic ring is 1. The molecule has 33 heavy (non-hydrogen) atoms. The summed E-state index contributed by atoms with van der Waals surface area (Å²) in [4.78, 5) is 24.2. The van der Waals surface area contributed by atoms with E-state index >= 15 is 0 Å². The summed E-state index contributed by atoms with van der Waals surface area (Å²) in [6, 6.07) is 16.6. The van der Waals surface area contributed by atoms with Gasteiger partial charge in [0, 0.05) is 37.8 Å². The van der Waals surface area contributed by atoms with Crippen molar-refractivity contribution in [3.8, 4) is 11.3 Å². The fourth-order valence-electron chi connectivity index (χ4n) is 4.10. The SMILES string of the molecule is CNc1nc(-c2ccc(N)c(F)c2)cc(N2C[C@@H](C(=O)NCc3ccccc3)CC[C@H]2C)n1. The van der Waals surface area contributed by atoms with Gasteiger partial charge in [0.1, 0.15) is 11.6 Å². The lowest BCUT2D eigenvalue weighted by Gasteiger charge is -2.38. The Kier molecular flexibility index (Phi) is 6.72. The minimum Gasteiger partial charge on any atom is -0.396 e. The van der Waals surface area contributed by atoms with E-state index in [0.29, 0.717) is 36.1 Å². The molecule has 0 aliphatic carbocycles. The molecule has 0 unspecified atom stereocenters. The molecule has 2 heterocycles. The molecule has 0 radical (unpaired) electrons. The van der Waals surface area contributed by atoms with Gasteiger partial charge >= 0.3 is 0 Å². The smallest absolute Gasteiger partial charge is 0.225 e. The molecule has 2 aromatic carbocycles. The fourth-order valence-corrected chi connectivity index (χ4v) is 4.10. The Labute approximate surface area is 193 Å². The monoisotopic (exact) mass is 448 g/mol. The number of carbonyl (C=O) groups excluding carboxylic acids is 1. The van der Waals surface area contributed by atoms with E-state index in [0.717, 1.165) is 18.4 Å². The number of aromatic nitrogens is 2. The highest BCUT2D eigenvalue weighted by Crippen LogP contribution is 2.31. The van der Waals surface area contributed by atoms with Gasteiger partial charge in [0.15, 0.2) is 0 Å². The maximum Gasteiger partial charge on any atom is 0.225 e. The first-order valence-electron chi connectivity index (χ1n) is 11.1. The Morgan fingerprint density at radius 3 is 2.67 bits per heavy atom. The second kappa shape index (κ2) is 9.85. The second-order valence-corrected chi connectivity index (χ2v) is 8.40. The van der Waals surface area contributed by atoms with Crippen LogP contribution in [0.2, 0.25) is 0 Å². The standard InChI is InChI=1S/C25H29FN6O/c1-16-8-9-19(24(33)29-14-17-6-4-3-5-7-17)15-32(16)23-13-22(30-25(28-2)31-23)18-10-11-21(27)20(26)12-18/h3-7,10-13,16,19H,8-9,14-15,27H2,1-2H3,(H,29,33)(H,28,30,31)/t16-,19+/m1/s1. The van der Waals surface area contributed by atoms with E-state index in [1.165, 1.54) is 12.1 Å². The van der Waals surface area contributed by atoms with Crippen LogP contribution in [0.4, 0.5) is 21.8 Å². The molecule has 1 amide bonds. The lowest BCUT2D eigenvalue weighted by Crippen LogP contribution is -2.47. The second-order valence-electron chi connectivity index (χ2n) is 8.40. The van der Waals surface area contributed by atoms with Gasteiger partial charge in [-0.15, -0.1) is 0 Å². The van der Waals surface area contributed by atoms with Gasteiger partial charge in [0.2, 0.25) is 11.9 Å². The van der Waals surface area contributed by atoms with Gasteiger partial charge in [0.25, 0.3) is 0 Å². The molecule has 7 nitrogen and oxygen atoms in total. The summed E-state index contributed by atoms with van der Waals surface area (Å²) < 4.78 is 14.1. The largest absolute Gasteiger partial charge is 0.396 e. The number of carbonyl (C=O) groups is 1. The molecule has 0 saturated carbocycles. The molecule has 4 N–H and O–H groups in total. The Bertz CT molecular complexity index is 1120. The van der Waals surface area contributed by atoms with Crippen molar-refractivity contribution < 1.29 is 9.18 Å². The van der Waals surface area contributed by atoms with Crippen LogP contribution >= 0.6 is 0 Å². The maximum absolute atomic E-state index is 14.1. The molecule has 1 fully saturated rings. The zero-order valence-electron chi connectivity index (χ0n) is 18.9. The van der Waals surface area contributed by atoms with Crippen molar-refractivity contribution in [1.29, 1.82) is 0 Å². The molecule has 4 rings (SSSR count). The van der Waals surface area contributed by atoms with E-state index in [4.69, 9.17) is 5.73 Å². The molecule has 0 spiro atoms. The predicted octanol–water partition coefficient (Wildman–Crippen LogP) is 3.83. The van der Waals surface area contributed by atoms with E-state index in [1.807, 2.05) is 36.4 Å². The third-order valence-electron chi connectivity index (χ3n) is 6.09. The summed E-state index contributed by atoms with van der Waals surface area (Å²) in [5.74, 6) is 0.548. The maximum atomic E-state index is 14.1. The first kappa shape index (κ1) is 22.5. The van der Waals surface area contributed by atoms with Crippen LogP contribution in [0.25, 0.3) is 11.3 Å². The molecule has 1 saturated heterocycles. The van der Waals surface area contributed by atoms with E-state index in [-0.39, 0.29) is 23.6 Å². The van der Waals surface area contributed by atoms with Crippen molar-refractivity contribution in [2.24, 2.45) is 5.92 Å². The Morgan fingerprint density at radius 1 is 1.15 bits per heavy atom. The molecule has 1 aliphatic heterocycles. The van der Waals surface area contributed by atoms with Gasteiger partial charge < -0.3 is 21.3 Å². The van der Waals surface area contributed by atoms with Crippen LogP contribution in [0.15, 0.2) is 54.6 Å². The summed E-state index contributed by atoms with van der Waals surface area (Å²) in [5, 5.41) is 6.05. The minimum absolute atomic E-state index is 0.0412. The Morgan fingerprint density at radius 2 is 1.94 bits per heavy atom. The zero-order chi connectivity index (χ0) is 23.4. The summed E-state index contributed by atoms with van der Waals surface area (Å²) in [6.07, 6.45) is 1.69. The van der Waals surface area contributed by atoms with Crippen LogP contribution < -0.4 is 21.3 Å². The lowest BCUT2D eigenvalue weighted by molar-refractivity contribution is -0.125. The van der Waals surface area contributed by atoms with Gasteiger partial charge in [-0.1, -0.05) is 36.4 Å². The third kappa shape index (κ3) is 5.22. The molecule has 2 atom stereocenters. The Balaban J connectivity index is 1.55. The number of nitrogens with two attached hydrogens (primary N) is 1. The number of piperidine rings is 1. The average molecular weight is 449 g/mol. The van der Waals surface area contributed by atoms with Crippen LogP contribution in [0.1, 0.15) is 25.3 Å². The van der Waals surface area contributed by atoms with Crippen molar-refractivity contribution in [2.75, 3.05) is 29.5 Å². The van der Waals surface area contributed by atoms with Crippen LogP contribution in [0, 0.1) is 11.7 Å². The normalized spacial score (nSPS) is 18.1. The van der Waals surface area contributed by atoms with E-state index in [1.54, 1.807) is 13.1 Å². The van der Waals surface area contributed by atoms with Crippen molar-refractivity contribution in [3.63, 3.8) is 0 Å². The third-order valence-corrected chi connectivity index (χ3v) is 6.09. The number of hydrogen-bond donors (Lipinski definition) is 3. The molecule has 3 aromatic rings. The van der Waals surface area contributed by atoms with Crippen LogP contribution in [0.5, 0.6) is 0 Å². The fraction of sp³-hybridized carbons (Fsp3) is 0.320. The highest BCUT2D eigenvalue weighted by molar-refractivity contribution is 5.79. The number of nitrogens with zero attached hydrogens (tertiary/aromatic N) is 3. The first-order valence-corrected chi connectivity index (χ1v) is 11.1. The molecule has 8 heteroatoms. The van der Waals surface area contributed by atoms with Crippen LogP contribution in [-0.2, 0) is 11.3 Å². The summed E-state index contributed by atoms with van der Waals surface area (Å²) in [7, 11) is 1.74. The van der Waals surface area contributed by atoms with Crippen molar-refractivity contribution in [2.45, 2.75) is 32.4 Å². The number of nitrogens with one attached hydrogen (secondary N) is 2. The average Bonchev–Trinajstić information content (AvgIpc) is 2.84. The topological polar surface area (TPSA) is 96.2 Å². The Hall–Kier alpha value is -3.68. The van der Waals surface area contributed by atoms with Crippen LogP contribution in [-0.4, -0.2) is 35.5 Å². The van der Waals surface area contributed by atoms with Crippen molar-refractivity contribution in [3.05, 3.63) is 66.0 Å². The van der Waals surface area contributed by atoms with Gasteiger partial charge in [0.05, 0.1) is 17.3 Å². The number of halogens is 1. The highest BCUT2D eigenvalue weighted by Gasteiger charge is 2.31. The molecule has 172 valence electrons. The number of rotatable bonds is 6. The van der Waals surface area contributed by atoms with E-state index < -0.39 is 5.82 Å². The van der Waals surface area contributed by atoms with E-state index in [9.17, 15) is 9.18 Å². The van der Waals surface area contributed by atoms with Gasteiger partial charge in [-0.3, -0.25) is 4.79 Å². The molecule has 1 aliphatic rings. The highest BCUT2D eigenvalue weighted by atomic mass is 19.1. The van der Waals surface area contributed by atoms with Crippen molar-refractivity contribution >= 4 is 23.4 Å². The van der Waals surface area contributed by atoms with Crippen LogP contribution in [0.3, 0.4) is 0 Å². The molecule has 0 bridgehead atoms. The molecular formula is C25H29FN6O. The minimum atomic E-state index is -0.486. The zero-order valence-corrected chi connectivity index (χ0v) is 18.9. The van der Waals surface area contributed by atoms with Gasteiger partial charge in [-0.05, 0) is 37.5 Å². The summed E-state index contributed by atoms with van der Waals surface area (Å²) in [6.45, 7) is 3.19. The summed E-state index contributed by atoms with van der Waals surface area (Å²) in [5.41, 5.74) is 7.99. The predicted molar refractivity (Wildman–Crippen MR) is 129 cm³/mol. The number of anilines is 3. The van der Waals surface area contributed by atoms with Gasteiger partial charge in [-0.2, -0.15) is 4.98 Å². The first-order chi connectivity index (χ1) is 15.9. The van der Waals surface area contributed by atoms with Crippen molar-refractivity contribution in [1.82, 2.24) is 15.3 Å². The number of hydrogen-bond acceptors (Lipinski definition) is 6. The number of benzene rings is 2. The number of amides is 1. The van der Waals surface area contributed by atoms with E-state index in [2.05, 4.69) is 32.4 Å². The lowest BCUT2D eigenvalue weighted by atomic mass is 9.92.